The van der Waals surface area contributed by atoms with Gasteiger partial charge in [-0.2, -0.15) is 5.01 Å². The van der Waals surface area contributed by atoms with Crippen LogP contribution in [0.5, 0.6) is 5.75 Å². The molecular weight excluding hydrogens is 366 g/mol. The molecule has 0 saturated carbocycles. The molecule has 0 spiro atoms. The molecule has 27 heavy (non-hydrogen) atoms. The third kappa shape index (κ3) is 4.24. The van der Waals surface area contributed by atoms with E-state index in [1.807, 2.05) is 6.07 Å². The molecule has 3 rings (SSSR count). The van der Waals surface area contributed by atoms with Crippen molar-refractivity contribution >= 4 is 27.1 Å². The van der Waals surface area contributed by atoms with E-state index in [1.54, 1.807) is 60.7 Å². The van der Waals surface area contributed by atoms with Crippen molar-refractivity contribution in [3.63, 3.8) is 0 Å². The molecule has 0 bridgehead atoms. The summed E-state index contributed by atoms with van der Waals surface area (Å²) in [5.41, 5.74) is 1.50. The van der Waals surface area contributed by atoms with Crippen molar-refractivity contribution in [2.75, 3.05) is 16.8 Å². The summed E-state index contributed by atoms with van der Waals surface area (Å²) in [6.07, 6.45) is 0. The first-order chi connectivity index (χ1) is 13.0. The van der Waals surface area contributed by atoms with Crippen LogP contribution in [0.4, 0.5) is 17.1 Å². The van der Waals surface area contributed by atoms with Gasteiger partial charge in [-0.15, -0.1) is 4.91 Å². The Hall–Kier alpha value is -3.39. The van der Waals surface area contributed by atoms with Gasteiger partial charge in [-0.25, -0.2) is 8.42 Å². The van der Waals surface area contributed by atoms with E-state index in [0.29, 0.717) is 22.8 Å². The second-order valence-corrected chi connectivity index (χ2v) is 7.24. The molecule has 0 amide bonds. The number of methoxy groups -OCH3 is 1. The number of nitrogens with zero attached hydrogens (tertiary/aromatic N) is 2. The lowest BCUT2D eigenvalue weighted by Gasteiger charge is -2.16. The van der Waals surface area contributed by atoms with Crippen molar-refractivity contribution in [1.82, 2.24) is 0 Å². The van der Waals surface area contributed by atoms with Crippen LogP contribution in [0.25, 0.3) is 0 Å². The Labute approximate surface area is 157 Å². The smallest absolute Gasteiger partial charge is 0.261 e. The van der Waals surface area contributed by atoms with Gasteiger partial charge >= 0.3 is 0 Å². The van der Waals surface area contributed by atoms with E-state index in [-0.39, 0.29) is 4.90 Å². The van der Waals surface area contributed by atoms with E-state index in [9.17, 15) is 13.3 Å². The third-order valence-electron chi connectivity index (χ3n) is 3.82. The van der Waals surface area contributed by atoms with E-state index >= 15 is 0 Å². The van der Waals surface area contributed by atoms with Crippen LogP contribution in [0.15, 0.2) is 89.0 Å². The van der Waals surface area contributed by atoms with E-state index in [1.165, 1.54) is 24.3 Å². The lowest BCUT2D eigenvalue weighted by molar-refractivity contribution is 0.414. The van der Waals surface area contributed by atoms with Crippen molar-refractivity contribution in [3.8, 4) is 5.75 Å². The lowest BCUT2D eigenvalue weighted by Crippen LogP contribution is -2.13. The molecule has 3 aromatic rings. The third-order valence-corrected chi connectivity index (χ3v) is 5.21. The number of hydrogen-bond acceptors (Lipinski definition) is 5. The highest BCUT2D eigenvalue weighted by atomic mass is 32.2. The van der Waals surface area contributed by atoms with Crippen LogP contribution in [0.2, 0.25) is 0 Å². The Morgan fingerprint density at radius 3 is 2.00 bits per heavy atom. The highest BCUT2D eigenvalue weighted by Crippen LogP contribution is 2.27. The largest absolute Gasteiger partial charge is 0.497 e. The molecule has 138 valence electrons. The summed E-state index contributed by atoms with van der Waals surface area (Å²) in [6, 6.07) is 21.4. The first-order valence-corrected chi connectivity index (χ1v) is 9.47. The van der Waals surface area contributed by atoms with Crippen molar-refractivity contribution in [2.24, 2.45) is 5.29 Å². The molecule has 0 radical (unpaired) electrons. The first-order valence-electron chi connectivity index (χ1n) is 7.99. The number of nitrogens with one attached hydrogen (secondary N) is 1. The van der Waals surface area contributed by atoms with Crippen LogP contribution in [0, 0.1) is 4.91 Å². The second kappa shape index (κ2) is 7.88. The first kappa shape index (κ1) is 18.4. The van der Waals surface area contributed by atoms with Gasteiger partial charge < -0.3 is 4.74 Å². The molecule has 0 aromatic heterocycles. The van der Waals surface area contributed by atoms with E-state index < -0.39 is 10.0 Å². The highest BCUT2D eigenvalue weighted by molar-refractivity contribution is 7.92. The maximum Gasteiger partial charge on any atom is 0.261 e. The Balaban J connectivity index is 1.79. The van der Waals surface area contributed by atoms with E-state index in [0.717, 1.165) is 0 Å². The normalized spacial score (nSPS) is 10.9. The summed E-state index contributed by atoms with van der Waals surface area (Å²) in [7, 11) is -2.22. The number of rotatable bonds is 7. The molecule has 0 unspecified atom stereocenters. The number of sulfonamides is 1. The average Bonchev–Trinajstić information content (AvgIpc) is 2.70. The summed E-state index contributed by atoms with van der Waals surface area (Å²) in [5.74, 6) is 0.570. The van der Waals surface area contributed by atoms with Gasteiger partial charge in [0, 0.05) is 5.69 Å². The number of nitroso groups, excluding NO2 is 1. The fraction of sp³-hybridized carbons (Fsp3) is 0.0526. The van der Waals surface area contributed by atoms with Crippen LogP contribution in [0.1, 0.15) is 0 Å². The number of anilines is 3. The fourth-order valence-corrected chi connectivity index (χ4v) is 3.51. The SMILES string of the molecule is COc1ccc(S(=O)(=O)Nc2ccc(N(N=O)c3ccccc3)cc2)cc1. The van der Waals surface area contributed by atoms with Gasteiger partial charge in [0.25, 0.3) is 10.0 Å². The molecule has 0 aliphatic heterocycles. The van der Waals surface area contributed by atoms with Crippen molar-refractivity contribution in [2.45, 2.75) is 4.90 Å². The standard InChI is InChI=1S/C19H17N3O4S/c1-26-18-11-13-19(14-12-18)27(24,25)20-15-7-9-17(10-8-15)22(21-23)16-5-3-2-4-6-16/h2-14,20H,1H3. The Morgan fingerprint density at radius 2 is 1.44 bits per heavy atom. The molecule has 0 heterocycles. The fourth-order valence-electron chi connectivity index (χ4n) is 2.45. The Kier molecular flexibility index (Phi) is 5.37. The minimum Gasteiger partial charge on any atom is -0.497 e. The summed E-state index contributed by atoms with van der Waals surface area (Å²) < 4.78 is 32.5. The van der Waals surface area contributed by atoms with Crippen LogP contribution < -0.4 is 14.5 Å². The maximum atomic E-state index is 12.5. The number of hydrogen-bond donors (Lipinski definition) is 1. The molecule has 8 heteroatoms. The van der Waals surface area contributed by atoms with Gasteiger partial charge in [0.2, 0.25) is 0 Å². The van der Waals surface area contributed by atoms with E-state index in [2.05, 4.69) is 10.0 Å². The van der Waals surface area contributed by atoms with E-state index in [4.69, 9.17) is 4.74 Å². The molecule has 3 aromatic carbocycles. The van der Waals surface area contributed by atoms with Gasteiger partial charge in [0.15, 0.2) is 0 Å². The lowest BCUT2D eigenvalue weighted by atomic mass is 10.2. The molecule has 7 nitrogen and oxygen atoms in total. The monoisotopic (exact) mass is 383 g/mol. The molecular formula is C19H17N3O4S. The molecule has 1 N–H and O–H groups in total. The van der Waals surface area contributed by atoms with Crippen molar-refractivity contribution < 1.29 is 13.2 Å². The maximum absolute atomic E-state index is 12.5. The predicted octanol–water partition coefficient (Wildman–Crippen LogP) is 4.32. The summed E-state index contributed by atoms with van der Waals surface area (Å²) in [5, 5.41) is 4.25. The molecule has 0 aliphatic carbocycles. The molecule has 0 aliphatic rings. The highest BCUT2D eigenvalue weighted by Gasteiger charge is 2.15. The van der Waals surface area contributed by atoms with Crippen LogP contribution in [0.3, 0.4) is 0 Å². The zero-order chi connectivity index (χ0) is 19.3. The Bertz CT molecular complexity index is 1010. The Morgan fingerprint density at radius 1 is 0.852 bits per heavy atom. The molecule has 0 fully saturated rings. The summed E-state index contributed by atoms with van der Waals surface area (Å²) in [4.78, 5) is 11.3. The second-order valence-electron chi connectivity index (χ2n) is 5.56. The van der Waals surface area contributed by atoms with Gasteiger partial charge in [-0.1, -0.05) is 18.2 Å². The zero-order valence-electron chi connectivity index (χ0n) is 14.4. The number of ether oxygens (including phenoxy) is 1. The predicted molar refractivity (Wildman–Crippen MR) is 105 cm³/mol. The topological polar surface area (TPSA) is 88.1 Å². The average molecular weight is 383 g/mol. The number of benzene rings is 3. The summed E-state index contributed by atoms with van der Waals surface area (Å²) in [6.45, 7) is 0. The van der Waals surface area contributed by atoms with Crippen LogP contribution >= 0.6 is 0 Å². The van der Waals surface area contributed by atoms with Crippen molar-refractivity contribution in [1.29, 1.82) is 0 Å². The van der Waals surface area contributed by atoms with Crippen LogP contribution in [-0.4, -0.2) is 15.5 Å². The summed E-state index contributed by atoms with van der Waals surface area (Å²) >= 11 is 0. The van der Waals surface area contributed by atoms with Gasteiger partial charge in [0.1, 0.15) is 5.75 Å². The molecule has 0 saturated heterocycles. The van der Waals surface area contributed by atoms with Crippen LogP contribution in [-0.2, 0) is 10.0 Å². The van der Waals surface area contributed by atoms with Gasteiger partial charge in [-0.05, 0) is 60.7 Å². The molecule has 0 atom stereocenters. The minimum atomic E-state index is -3.73. The van der Waals surface area contributed by atoms with Crippen molar-refractivity contribution in [3.05, 3.63) is 83.8 Å². The number of para-hydroxylation sites is 1. The van der Waals surface area contributed by atoms with Gasteiger partial charge in [-0.3, -0.25) is 4.72 Å². The van der Waals surface area contributed by atoms with Gasteiger partial charge in [0.05, 0.1) is 28.7 Å². The minimum absolute atomic E-state index is 0.118. The zero-order valence-corrected chi connectivity index (χ0v) is 15.3. The quantitative estimate of drug-likeness (QED) is 0.485.